The Bertz CT molecular complexity index is 2720. The van der Waals surface area contributed by atoms with Gasteiger partial charge >= 0.3 is 5.97 Å². The highest BCUT2D eigenvalue weighted by Gasteiger charge is 2.47. The van der Waals surface area contributed by atoms with Crippen LogP contribution in [0.4, 0.5) is 0 Å². The number of thioether (sulfide) groups is 1. The summed E-state index contributed by atoms with van der Waals surface area (Å²) in [4.78, 5) is 198. The van der Waals surface area contributed by atoms with E-state index in [1.54, 1.807) is 20.1 Å². The molecule has 0 spiro atoms. The second-order valence-corrected chi connectivity index (χ2v) is 23.9. The van der Waals surface area contributed by atoms with Crippen LogP contribution in [0.25, 0.3) is 0 Å². The first-order chi connectivity index (χ1) is 42.5. The number of rotatable bonds is 36. The summed E-state index contributed by atoms with van der Waals surface area (Å²) in [6.07, 6.45) is 1.27. The third-order valence-corrected chi connectivity index (χ3v) is 16.0. The van der Waals surface area contributed by atoms with E-state index in [0.717, 1.165) is 6.92 Å². The zero-order chi connectivity index (χ0) is 67.1. The summed E-state index contributed by atoms with van der Waals surface area (Å²) < 4.78 is 0. The Morgan fingerprint density at radius 1 is 0.611 bits per heavy atom. The smallest absolute Gasteiger partial charge is 0.326 e. The van der Waals surface area contributed by atoms with Gasteiger partial charge in [0.2, 0.25) is 76.8 Å². The molecule has 0 saturated carbocycles. The predicted octanol–water partition coefficient (Wildman–Crippen LogP) is -7.07. The zero-order valence-corrected chi connectivity index (χ0v) is 51.9. The largest absolute Gasteiger partial charge is 0.480 e. The molecule has 1 aromatic heterocycles. The zero-order valence-electron chi connectivity index (χ0n) is 51.1. The fourth-order valence-electron chi connectivity index (χ4n) is 10.6. The first-order valence-electron chi connectivity index (χ1n) is 29.8. The van der Waals surface area contributed by atoms with Gasteiger partial charge in [-0.05, 0) is 96.0 Å². The van der Waals surface area contributed by atoms with E-state index in [4.69, 9.17) is 17.2 Å². The second-order valence-electron chi connectivity index (χ2n) is 22.9. The number of hydrogen-bond acceptors (Lipinski definition) is 20. The molecular weight excluding hydrogens is 1200 g/mol. The first kappa shape index (κ1) is 74.4. The van der Waals surface area contributed by atoms with Gasteiger partial charge in [0.1, 0.15) is 60.4 Å². The van der Waals surface area contributed by atoms with E-state index in [0.29, 0.717) is 37.1 Å². The number of primary amides is 2. The number of amides is 13. The van der Waals surface area contributed by atoms with Crippen LogP contribution in [0.5, 0.6) is 0 Å². The molecular formula is C55H88N16O18S. The van der Waals surface area contributed by atoms with Gasteiger partial charge in [-0.1, -0.05) is 13.8 Å². The number of aliphatic hydroxyl groups excluding tert-OH is 3. The van der Waals surface area contributed by atoms with Crippen LogP contribution in [0, 0.1) is 5.92 Å². The number of carboxylic acids is 1. The van der Waals surface area contributed by atoms with Crippen molar-refractivity contribution in [2.75, 3.05) is 44.8 Å². The maximum Gasteiger partial charge on any atom is 0.326 e. The predicted molar refractivity (Wildman–Crippen MR) is 318 cm³/mol. The van der Waals surface area contributed by atoms with Crippen molar-refractivity contribution in [3.63, 3.8) is 0 Å². The lowest BCUT2D eigenvalue weighted by atomic mass is 10.0. The quantitative estimate of drug-likeness (QED) is 0.0297. The van der Waals surface area contributed by atoms with Crippen molar-refractivity contribution in [2.24, 2.45) is 23.1 Å². The number of aromatic nitrogens is 2. The number of carbonyl (C=O) groups excluding carboxylic acids is 13. The molecule has 4 rings (SSSR count). The van der Waals surface area contributed by atoms with Gasteiger partial charge in [-0.3, -0.25) is 62.3 Å². The SMILES string of the molecule is CSCC[C@H](N)C(=O)N[C@H](C(=O)NCC(=O)N[C@@H](CO)C(=O)N[C@@H](CCC(N)=O)C(=O)N[C@@H](CCC(N)=O)C(=O)N[C@H](C(=O)N[C@@H](CC(C)C)C(=O)N[C@@H](Cc1cnc[nH]1)C(=O)N1CCC[C@H]1C(=O)N1CCC[C@H]1C(=O)N1CCC[C@H]1C(=O)O)[C@@H](C)O)[C@@H](C)O. The molecule has 19 N–H and O–H groups in total. The number of aromatic amines is 1. The fraction of sp³-hybridized carbons (Fsp3) is 0.691. The van der Waals surface area contributed by atoms with Crippen LogP contribution in [0.1, 0.15) is 110 Å². The van der Waals surface area contributed by atoms with E-state index in [2.05, 4.69) is 52.5 Å². The van der Waals surface area contributed by atoms with Crippen molar-refractivity contribution in [3.8, 4) is 0 Å². The number of hydrogen-bond donors (Lipinski definition) is 16. The monoisotopic (exact) mass is 1290 g/mol. The van der Waals surface area contributed by atoms with Gasteiger partial charge in [0.05, 0.1) is 37.7 Å². The highest BCUT2D eigenvalue weighted by molar-refractivity contribution is 7.98. The Balaban J connectivity index is 1.49. The summed E-state index contributed by atoms with van der Waals surface area (Å²) >= 11 is 1.43. The van der Waals surface area contributed by atoms with Crippen molar-refractivity contribution >= 4 is 94.5 Å². The Morgan fingerprint density at radius 2 is 1.08 bits per heavy atom. The van der Waals surface area contributed by atoms with E-state index in [1.807, 2.05) is 0 Å². The van der Waals surface area contributed by atoms with Crippen molar-refractivity contribution < 1.29 is 87.5 Å². The number of nitrogens with zero attached hydrogens (tertiary/aromatic N) is 4. The molecule has 3 aliphatic rings. The number of carboxylic acid groups (broad SMARTS) is 1. The van der Waals surface area contributed by atoms with Gasteiger partial charge in [-0.25, -0.2) is 9.78 Å². The molecule has 4 heterocycles. The minimum atomic E-state index is -1.90. The Hall–Kier alpha value is -8.02. The average Bonchev–Trinajstić information content (AvgIpc) is 1.68. The van der Waals surface area contributed by atoms with Crippen molar-refractivity contribution in [1.82, 2.24) is 67.2 Å². The molecule has 35 heteroatoms. The number of carbonyl (C=O) groups is 14. The standard InChI is InChI=1S/C55H88N16O18S/c1-27(2)21-34(48(81)66-35(22-30-23-59-26-61-30)52(85)69-17-6-9-37(69)53(86)70-18-7-10-38(70)54(87)71-19-8-11-39(71)55(88)89)65-51(84)44(29(4)74)68-47(80)33(13-15-41(58)76)63-46(79)32(12-14-40(57)75)64-49(82)36(25-72)62-42(77)24-60-50(83)43(28(3)73)67-45(78)31(56)16-20-90-5/h23,26-29,31-39,43-44,72-74H,6-22,24-25,56H2,1-5H3,(H2,57,75)(H2,58,76)(H,59,61)(H,60,83)(H,62,77)(H,63,79)(H,64,82)(H,65,84)(H,66,81)(H,67,78)(H,68,80)(H,88,89)/t28-,29-,31+,32+,33+,34+,35+,36+,37+,38+,39+,43+,44+/m1/s1. The minimum absolute atomic E-state index is 0.0783. The van der Waals surface area contributed by atoms with Gasteiger partial charge in [0.15, 0.2) is 0 Å². The van der Waals surface area contributed by atoms with Crippen molar-refractivity contribution in [1.29, 1.82) is 0 Å². The van der Waals surface area contributed by atoms with Crippen molar-refractivity contribution in [2.45, 2.75) is 190 Å². The molecule has 90 heavy (non-hydrogen) atoms. The molecule has 1 aromatic rings. The van der Waals surface area contributed by atoms with E-state index >= 15 is 0 Å². The number of aliphatic hydroxyl groups is 3. The summed E-state index contributed by atoms with van der Waals surface area (Å²) in [5.41, 5.74) is 17.0. The van der Waals surface area contributed by atoms with Gasteiger partial charge in [-0.15, -0.1) is 0 Å². The number of nitrogens with two attached hydrogens (primary N) is 3. The maximum atomic E-state index is 14.7. The van der Waals surface area contributed by atoms with Gasteiger partial charge in [0, 0.05) is 50.8 Å². The fourth-order valence-corrected chi connectivity index (χ4v) is 11.1. The molecule has 13 atom stereocenters. The van der Waals surface area contributed by atoms with Crippen LogP contribution in [0.2, 0.25) is 0 Å². The average molecular weight is 1290 g/mol. The third kappa shape index (κ3) is 22.2. The van der Waals surface area contributed by atoms with E-state index in [1.165, 1.54) is 45.9 Å². The Kier molecular flexibility index (Phi) is 29.8. The maximum absolute atomic E-state index is 14.7. The Labute approximate surface area is 523 Å². The van der Waals surface area contributed by atoms with Gasteiger partial charge in [0.25, 0.3) is 0 Å². The summed E-state index contributed by atoms with van der Waals surface area (Å²) in [6, 6.07) is -15.7. The lowest BCUT2D eigenvalue weighted by Crippen LogP contribution is -2.62. The molecule has 502 valence electrons. The molecule has 0 aromatic carbocycles. The van der Waals surface area contributed by atoms with E-state index in [-0.39, 0.29) is 57.7 Å². The van der Waals surface area contributed by atoms with Gasteiger partial charge < -0.3 is 99.8 Å². The van der Waals surface area contributed by atoms with Crippen LogP contribution >= 0.6 is 11.8 Å². The van der Waals surface area contributed by atoms with Crippen LogP contribution < -0.4 is 59.7 Å². The molecule has 13 amide bonds. The molecule has 3 aliphatic heterocycles. The number of imidazole rings is 1. The van der Waals surface area contributed by atoms with E-state index < -0.39 is 200 Å². The molecule has 34 nitrogen and oxygen atoms in total. The second kappa shape index (κ2) is 36.0. The summed E-state index contributed by atoms with van der Waals surface area (Å²) in [7, 11) is 0. The summed E-state index contributed by atoms with van der Waals surface area (Å²) in [5.74, 6) is -13.0. The molecule has 3 fully saturated rings. The summed E-state index contributed by atoms with van der Waals surface area (Å²) in [6.45, 7) is 4.30. The van der Waals surface area contributed by atoms with Crippen LogP contribution in [0.3, 0.4) is 0 Å². The summed E-state index contributed by atoms with van der Waals surface area (Å²) in [5, 5.41) is 59.8. The minimum Gasteiger partial charge on any atom is -0.480 e. The third-order valence-electron chi connectivity index (χ3n) is 15.4. The van der Waals surface area contributed by atoms with Crippen LogP contribution in [-0.4, -0.2) is 251 Å². The molecule has 3 saturated heterocycles. The number of nitrogens with one attached hydrogen (secondary N) is 9. The lowest BCUT2D eigenvalue weighted by Gasteiger charge is -2.35. The molecule has 0 unspecified atom stereocenters. The van der Waals surface area contributed by atoms with Crippen molar-refractivity contribution in [3.05, 3.63) is 18.2 Å². The lowest BCUT2D eigenvalue weighted by molar-refractivity contribution is -0.153. The Morgan fingerprint density at radius 3 is 1.58 bits per heavy atom. The topological polar surface area (TPSA) is 533 Å². The molecule has 0 bridgehead atoms. The van der Waals surface area contributed by atoms with E-state index in [9.17, 15) is 87.5 Å². The molecule has 0 radical (unpaired) electrons. The van der Waals surface area contributed by atoms with Crippen LogP contribution in [0.15, 0.2) is 12.5 Å². The normalized spacial score (nSPS) is 19.7. The molecule has 0 aliphatic carbocycles. The van der Waals surface area contributed by atoms with Crippen LogP contribution in [-0.2, 0) is 73.5 Å². The number of likely N-dealkylation sites (tertiary alicyclic amines) is 3. The highest BCUT2D eigenvalue weighted by atomic mass is 32.2. The first-order valence-corrected chi connectivity index (χ1v) is 31.2. The number of aliphatic carboxylic acids is 1. The number of H-pyrrole nitrogens is 1. The highest BCUT2D eigenvalue weighted by Crippen LogP contribution is 2.29. The van der Waals surface area contributed by atoms with Gasteiger partial charge in [-0.2, -0.15) is 11.8 Å².